The van der Waals surface area contributed by atoms with Gasteiger partial charge in [0.2, 0.25) is 0 Å². The van der Waals surface area contributed by atoms with E-state index in [0.717, 1.165) is 19.5 Å². The molecule has 1 N–H and O–H groups in total. The molecule has 1 aromatic heterocycles. The number of nitrogens with one attached hydrogen (secondary N) is 1. The van der Waals surface area contributed by atoms with Crippen LogP contribution in [0.5, 0.6) is 0 Å². The highest BCUT2D eigenvalue weighted by Gasteiger charge is 2.21. The molecule has 1 aromatic rings. The van der Waals surface area contributed by atoms with Crippen molar-refractivity contribution in [2.24, 2.45) is 0 Å². The van der Waals surface area contributed by atoms with Crippen LogP contribution < -0.4 is 5.32 Å². The zero-order valence-corrected chi connectivity index (χ0v) is 10.7. The van der Waals surface area contributed by atoms with E-state index in [4.69, 9.17) is 0 Å². The Bertz CT molecular complexity index is 346. The Morgan fingerprint density at radius 3 is 2.06 bits per heavy atom. The van der Waals surface area contributed by atoms with Crippen LogP contribution in [0.2, 0.25) is 0 Å². The fourth-order valence-corrected chi connectivity index (χ4v) is 2.37. The lowest BCUT2D eigenvalue weighted by molar-refractivity contribution is 0.594. The highest BCUT2D eigenvalue weighted by atomic mass is 15.1. The van der Waals surface area contributed by atoms with Gasteiger partial charge < -0.3 is 5.32 Å². The van der Waals surface area contributed by atoms with Gasteiger partial charge in [-0.2, -0.15) is 10.2 Å². The van der Waals surface area contributed by atoms with Crippen LogP contribution in [0.4, 0.5) is 0 Å². The molecule has 0 aromatic carbocycles. The van der Waals surface area contributed by atoms with Crippen molar-refractivity contribution in [1.82, 2.24) is 15.5 Å². The molecule has 1 aliphatic heterocycles. The Kier molecular flexibility index (Phi) is 3.24. The summed E-state index contributed by atoms with van der Waals surface area (Å²) in [6, 6.07) is 0. The molecular formula is C13H21N3. The van der Waals surface area contributed by atoms with Gasteiger partial charge in [-0.25, -0.2) is 0 Å². The third-order valence-electron chi connectivity index (χ3n) is 3.20. The van der Waals surface area contributed by atoms with E-state index in [-0.39, 0.29) is 0 Å². The van der Waals surface area contributed by atoms with Crippen LogP contribution in [0.1, 0.15) is 62.0 Å². The first kappa shape index (κ1) is 11.5. The maximum atomic E-state index is 4.43. The fourth-order valence-electron chi connectivity index (χ4n) is 2.37. The van der Waals surface area contributed by atoms with Gasteiger partial charge in [-0.15, -0.1) is 0 Å². The van der Waals surface area contributed by atoms with Crippen LogP contribution in [-0.2, 0) is 13.0 Å². The Hall–Kier alpha value is -0.960. The van der Waals surface area contributed by atoms with Gasteiger partial charge in [0.1, 0.15) is 0 Å². The lowest BCUT2D eigenvalue weighted by Gasteiger charge is -2.24. The average Bonchev–Trinajstić information content (AvgIpc) is 2.27. The van der Waals surface area contributed by atoms with E-state index in [9.17, 15) is 0 Å². The first-order valence-corrected chi connectivity index (χ1v) is 6.20. The third kappa shape index (κ3) is 1.96. The summed E-state index contributed by atoms with van der Waals surface area (Å²) in [7, 11) is 0. The highest BCUT2D eigenvalue weighted by Crippen LogP contribution is 2.27. The van der Waals surface area contributed by atoms with Crippen molar-refractivity contribution < 1.29 is 0 Å². The van der Waals surface area contributed by atoms with E-state index in [0.29, 0.717) is 11.8 Å². The summed E-state index contributed by atoms with van der Waals surface area (Å²) in [4.78, 5) is 0. The molecule has 2 heterocycles. The van der Waals surface area contributed by atoms with Gasteiger partial charge >= 0.3 is 0 Å². The first-order valence-electron chi connectivity index (χ1n) is 6.20. The Balaban J connectivity index is 2.54. The normalized spacial score (nSPS) is 15.6. The summed E-state index contributed by atoms with van der Waals surface area (Å²) >= 11 is 0. The third-order valence-corrected chi connectivity index (χ3v) is 3.20. The lowest BCUT2D eigenvalue weighted by atomic mass is 9.91. The number of rotatable bonds is 2. The standard InChI is InChI=1S/C13H21N3/c1-8(2)12-10-5-6-14-7-11(10)13(9(3)4)16-15-12/h8-9,14H,5-7H2,1-4H3. The first-order chi connectivity index (χ1) is 7.61. The molecule has 16 heavy (non-hydrogen) atoms. The van der Waals surface area contributed by atoms with Crippen LogP contribution in [0.3, 0.4) is 0 Å². The van der Waals surface area contributed by atoms with Crippen molar-refractivity contribution in [2.75, 3.05) is 6.54 Å². The largest absolute Gasteiger partial charge is 0.312 e. The summed E-state index contributed by atoms with van der Waals surface area (Å²) in [5, 5.41) is 12.3. The van der Waals surface area contributed by atoms with Gasteiger partial charge in [-0.3, -0.25) is 0 Å². The van der Waals surface area contributed by atoms with Gasteiger partial charge in [0.05, 0.1) is 11.4 Å². The van der Waals surface area contributed by atoms with E-state index < -0.39 is 0 Å². The quantitative estimate of drug-likeness (QED) is 0.830. The second-order valence-corrected chi connectivity index (χ2v) is 5.16. The molecule has 0 amide bonds. The second-order valence-electron chi connectivity index (χ2n) is 5.16. The van der Waals surface area contributed by atoms with Gasteiger partial charge in [-0.1, -0.05) is 27.7 Å². The predicted molar refractivity (Wildman–Crippen MR) is 65.6 cm³/mol. The smallest absolute Gasteiger partial charge is 0.0704 e. The van der Waals surface area contributed by atoms with E-state index in [1.54, 1.807) is 0 Å². The topological polar surface area (TPSA) is 37.8 Å². The number of aromatic nitrogens is 2. The number of hydrogen-bond donors (Lipinski definition) is 1. The van der Waals surface area contributed by atoms with Crippen molar-refractivity contribution in [3.05, 3.63) is 22.5 Å². The average molecular weight is 219 g/mol. The van der Waals surface area contributed by atoms with Crippen molar-refractivity contribution in [1.29, 1.82) is 0 Å². The molecule has 2 rings (SSSR count). The Labute approximate surface area is 97.7 Å². The van der Waals surface area contributed by atoms with Gasteiger partial charge in [0, 0.05) is 6.54 Å². The Morgan fingerprint density at radius 1 is 0.938 bits per heavy atom. The molecule has 3 nitrogen and oxygen atoms in total. The summed E-state index contributed by atoms with van der Waals surface area (Å²) in [5.74, 6) is 0.933. The molecule has 0 atom stereocenters. The number of fused-ring (bicyclic) bond motifs is 1. The van der Waals surface area contributed by atoms with Crippen molar-refractivity contribution in [3.63, 3.8) is 0 Å². The van der Waals surface area contributed by atoms with Crippen molar-refractivity contribution in [2.45, 2.75) is 52.5 Å². The minimum absolute atomic E-state index is 0.461. The zero-order chi connectivity index (χ0) is 11.7. The molecule has 0 spiro atoms. The predicted octanol–water partition coefficient (Wildman–Crippen LogP) is 2.37. The van der Waals surface area contributed by atoms with Crippen molar-refractivity contribution in [3.8, 4) is 0 Å². The maximum absolute atomic E-state index is 4.43. The SMILES string of the molecule is CC(C)c1nnc(C(C)C)c2c1CCNC2. The van der Waals surface area contributed by atoms with Gasteiger partial charge in [0.25, 0.3) is 0 Å². The van der Waals surface area contributed by atoms with E-state index in [2.05, 4.69) is 43.2 Å². The molecule has 3 heteroatoms. The molecule has 88 valence electrons. The van der Waals surface area contributed by atoms with Crippen LogP contribution in [0, 0.1) is 0 Å². The highest BCUT2D eigenvalue weighted by molar-refractivity contribution is 5.37. The van der Waals surface area contributed by atoms with E-state index in [1.807, 2.05) is 0 Å². The summed E-state index contributed by atoms with van der Waals surface area (Å²) in [6.45, 7) is 10.8. The Morgan fingerprint density at radius 2 is 1.50 bits per heavy atom. The maximum Gasteiger partial charge on any atom is 0.0704 e. The van der Waals surface area contributed by atoms with Crippen molar-refractivity contribution >= 4 is 0 Å². The van der Waals surface area contributed by atoms with Gasteiger partial charge in [-0.05, 0) is 35.9 Å². The van der Waals surface area contributed by atoms with Crippen LogP contribution in [0.25, 0.3) is 0 Å². The van der Waals surface area contributed by atoms with Crippen LogP contribution >= 0.6 is 0 Å². The minimum atomic E-state index is 0.461. The summed E-state index contributed by atoms with van der Waals surface area (Å²) in [6.07, 6.45) is 1.10. The molecular weight excluding hydrogens is 198 g/mol. The van der Waals surface area contributed by atoms with E-state index in [1.165, 1.54) is 22.5 Å². The molecule has 0 aliphatic carbocycles. The van der Waals surface area contributed by atoms with Crippen LogP contribution in [0.15, 0.2) is 0 Å². The molecule has 0 saturated carbocycles. The molecule has 0 fully saturated rings. The van der Waals surface area contributed by atoms with E-state index >= 15 is 0 Å². The molecule has 0 saturated heterocycles. The van der Waals surface area contributed by atoms with Gasteiger partial charge in [0.15, 0.2) is 0 Å². The summed E-state index contributed by atoms with van der Waals surface area (Å²) in [5.41, 5.74) is 5.22. The molecule has 0 unspecified atom stereocenters. The molecule has 1 aliphatic rings. The fraction of sp³-hybridized carbons (Fsp3) is 0.692. The lowest BCUT2D eigenvalue weighted by Crippen LogP contribution is -2.28. The molecule has 0 bridgehead atoms. The van der Waals surface area contributed by atoms with Crippen LogP contribution in [-0.4, -0.2) is 16.7 Å². The number of nitrogens with zero attached hydrogens (tertiary/aromatic N) is 2. The monoisotopic (exact) mass is 219 g/mol. The number of hydrogen-bond acceptors (Lipinski definition) is 3. The minimum Gasteiger partial charge on any atom is -0.312 e. The summed E-state index contributed by atoms with van der Waals surface area (Å²) < 4.78 is 0. The molecule has 0 radical (unpaired) electrons. The second kappa shape index (κ2) is 4.50. The zero-order valence-electron chi connectivity index (χ0n) is 10.7.